The van der Waals surface area contributed by atoms with Gasteiger partial charge in [0.1, 0.15) is 0 Å². The van der Waals surface area contributed by atoms with Gasteiger partial charge in [-0.2, -0.15) is 0 Å². The molecule has 0 aromatic rings. The second kappa shape index (κ2) is 5.05. The molecule has 0 fully saturated rings. The Morgan fingerprint density at radius 1 is 1.83 bits per heavy atom. The van der Waals surface area contributed by atoms with Crippen LogP contribution in [0.3, 0.4) is 0 Å². The standard InChI is InChI=1S/C4H8OS/c1-2-3-4-6-5/h2-3,5H,4H2,1H3. The number of hydrogen-bond acceptors (Lipinski definition) is 2. The molecule has 2 heteroatoms. The van der Waals surface area contributed by atoms with Crippen LogP contribution in [0.4, 0.5) is 0 Å². The van der Waals surface area contributed by atoms with Gasteiger partial charge in [-0.25, -0.2) is 0 Å². The molecule has 0 rings (SSSR count). The minimum atomic E-state index is 0.705. The summed E-state index contributed by atoms with van der Waals surface area (Å²) in [7, 11) is 0. The van der Waals surface area contributed by atoms with Gasteiger partial charge >= 0.3 is 0 Å². The van der Waals surface area contributed by atoms with Crippen LogP contribution in [0, 0.1) is 0 Å². The highest BCUT2D eigenvalue weighted by molar-refractivity contribution is 7.93. The van der Waals surface area contributed by atoms with Gasteiger partial charge in [0, 0.05) is 5.75 Å². The van der Waals surface area contributed by atoms with Crippen molar-refractivity contribution in [2.75, 3.05) is 5.75 Å². The predicted molar refractivity (Wildman–Crippen MR) is 29.9 cm³/mol. The molecule has 0 atom stereocenters. The van der Waals surface area contributed by atoms with E-state index in [2.05, 4.69) is 0 Å². The minimum absolute atomic E-state index is 0.705. The van der Waals surface area contributed by atoms with Crippen LogP contribution in [0.2, 0.25) is 0 Å². The zero-order valence-corrected chi connectivity index (χ0v) is 4.53. The van der Waals surface area contributed by atoms with Crippen molar-refractivity contribution in [3.8, 4) is 0 Å². The normalized spacial score (nSPS) is 10.3. The molecule has 0 aromatic carbocycles. The Morgan fingerprint density at radius 2 is 2.50 bits per heavy atom. The van der Waals surface area contributed by atoms with Crippen molar-refractivity contribution in [2.45, 2.75) is 6.92 Å². The Morgan fingerprint density at radius 3 is 2.67 bits per heavy atom. The molecule has 0 aliphatic rings. The first kappa shape index (κ1) is 6.05. The summed E-state index contributed by atoms with van der Waals surface area (Å²) < 4.78 is 8.06. The molecule has 0 aromatic heterocycles. The zero-order valence-electron chi connectivity index (χ0n) is 3.72. The number of hydrogen-bond donors (Lipinski definition) is 1. The van der Waals surface area contributed by atoms with Gasteiger partial charge in [0.15, 0.2) is 0 Å². The average molecular weight is 104 g/mol. The smallest absolute Gasteiger partial charge is 0.0375 e. The second-order valence-electron chi connectivity index (χ2n) is 0.865. The third kappa shape index (κ3) is 4.05. The largest absolute Gasteiger partial charge is 0.330 e. The molecule has 1 N–H and O–H groups in total. The molecule has 0 unspecified atom stereocenters. The zero-order chi connectivity index (χ0) is 4.83. The molecule has 0 aliphatic heterocycles. The van der Waals surface area contributed by atoms with Crippen molar-refractivity contribution in [3.05, 3.63) is 12.2 Å². The van der Waals surface area contributed by atoms with E-state index in [-0.39, 0.29) is 0 Å². The summed E-state index contributed by atoms with van der Waals surface area (Å²) in [5, 5.41) is 0. The van der Waals surface area contributed by atoms with Crippen molar-refractivity contribution >= 4 is 12.0 Å². The summed E-state index contributed by atoms with van der Waals surface area (Å²) in [6.45, 7) is 1.93. The average Bonchev–Trinajstić information content (AvgIpc) is 1.61. The highest BCUT2D eigenvalue weighted by Crippen LogP contribution is 1.88. The van der Waals surface area contributed by atoms with Gasteiger partial charge < -0.3 is 4.55 Å². The van der Waals surface area contributed by atoms with E-state index < -0.39 is 0 Å². The SMILES string of the molecule is CC=CCSO. The molecule has 0 saturated carbocycles. The maximum Gasteiger partial charge on any atom is 0.0375 e. The minimum Gasteiger partial charge on any atom is -0.330 e. The van der Waals surface area contributed by atoms with Crippen LogP contribution < -0.4 is 0 Å². The van der Waals surface area contributed by atoms with Gasteiger partial charge in [0.2, 0.25) is 0 Å². The van der Waals surface area contributed by atoms with Crippen LogP contribution >= 0.6 is 12.0 Å². The van der Waals surface area contributed by atoms with Crippen molar-refractivity contribution in [2.24, 2.45) is 0 Å². The Bertz CT molecular complexity index is 42.8. The number of rotatable bonds is 2. The van der Waals surface area contributed by atoms with Gasteiger partial charge in [0.25, 0.3) is 0 Å². The maximum atomic E-state index is 8.06. The van der Waals surface area contributed by atoms with E-state index in [0.29, 0.717) is 5.75 Å². The summed E-state index contributed by atoms with van der Waals surface area (Å²) in [5.74, 6) is 0.705. The fraction of sp³-hybridized carbons (Fsp3) is 0.500. The van der Waals surface area contributed by atoms with Crippen LogP contribution in [-0.4, -0.2) is 10.3 Å². The van der Waals surface area contributed by atoms with E-state index in [1.54, 1.807) is 0 Å². The molecule has 36 valence electrons. The topological polar surface area (TPSA) is 20.2 Å². The fourth-order valence-corrected chi connectivity index (χ4v) is 0.418. The Hall–Kier alpha value is 0.0500. The molecular weight excluding hydrogens is 96.1 g/mol. The van der Waals surface area contributed by atoms with E-state index in [1.807, 2.05) is 19.1 Å². The van der Waals surface area contributed by atoms with Crippen LogP contribution in [0.15, 0.2) is 12.2 Å². The monoisotopic (exact) mass is 104 g/mol. The first-order chi connectivity index (χ1) is 2.91. The lowest BCUT2D eigenvalue weighted by Crippen LogP contribution is -1.61. The van der Waals surface area contributed by atoms with Crippen LogP contribution in [-0.2, 0) is 0 Å². The molecular formula is C4H8OS. The first-order valence-electron chi connectivity index (χ1n) is 1.79. The molecule has 6 heavy (non-hydrogen) atoms. The van der Waals surface area contributed by atoms with Gasteiger partial charge in [-0.15, -0.1) is 0 Å². The molecule has 0 heterocycles. The van der Waals surface area contributed by atoms with Crippen molar-refractivity contribution in [1.82, 2.24) is 0 Å². The van der Waals surface area contributed by atoms with Crippen molar-refractivity contribution < 1.29 is 4.55 Å². The molecule has 1 nitrogen and oxygen atoms in total. The third-order valence-corrected chi connectivity index (χ3v) is 0.748. The summed E-state index contributed by atoms with van der Waals surface area (Å²) in [4.78, 5) is 0. The van der Waals surface area contributed by atoms with Gasteiger partial charge in [-0.3, -0.25) is 0 Å². The Balaban J connectivity index is 2.66. The second-order valence-corrected chi connectivity index (χ2v) is 1.46. The first-order valence-corrected chi connectivity index (χ1v) is 2.73. The molecule has 0 spiro atoms. The number of allylic oxidation sites excluding steroid dienone is 1. The summed E-state index contributed by atoms with van der Waals surface area (Å²) in [6, 6.07) is 0. The molecule has 0 amide bonds. The lowest BCUT2D eigenvalue weighted by molar-refractivity contribution is 0.666. The Kier molecular flexibility index (Phi) is 5.09. The van der Waals surface area contributed by atoms with Gasteiger partial charge in [-0.05, 0) is 19.0 Å². The van der Waals surface area contributed by atoms with Crippen molar-refractivity contribution in [3.63, 3.8) is 0 Å². The molecule has 0 bridgehead atoms. The van der Waals surface area contributed by atoms with E-state index in [9.17, 15) is 0 Å². The quantitative estimate of drug-likeness (QED) is 0.425. The molecule has 0 saturated heterocycles. The lowest BCUT2D eigenvalue weighted by atomic mass is 10.6. The highest BCUT2D eigenvalue weighted by Gasteiger charge is 1.66. The Labute approximate surface area is 42.3 Å². The fourth-order valence-electron chi connectivity index (χ4n) is 0.139. The van der Waals surface area contributed by atoms with E-state index in [0.717, 1.165) is 12.0 Å². The molecule has 0 radical (unpaired) electrons. The third-order valence-electron chi connectivity index (χ3n) is 0.406. The predicted octanol–water partition coefficient (Wildman–Crippen LogP) is 1.77. The van der Waals surface area contributed by atoms with Crippen LogP contribution in [0.1, 0.15) is 6.92 Å². The van der Waals surface area contributed by atoms with Gasteiger partial charge in [0.05, 0.1) is 0 Å². The van der Waals surface area contributed by atoms with Crippen molar-refractivity contribution in [1.29, 1.82) is 0 Å². The van der Waals surface area contributed by atoms with E-state index in [1.165, 1.54) is 0 Å². The lowest BCUT2D eigenvalue weighted by Gasteiger charge is -1.75. The summed E-state index contributed by atoms with van der Waals surface area (Å²) >= 11 is 0.839. The van der Waals surface area contributed by atoms with Crippen LogP contribution in [0.5, 0.6) is 0 Å². The maximum absolute atomic E-state index is 8.06. The van der Waals surface area contributed by atoms with E-state index in [4.69, 9.17) is 4.55 Å². The van der Waals surface area contributed by atoms with Gasteiger partial charge in [-0.1, -0.05) is 12.2 Å². The summed E-state index contributed by atoms with van der Waals surface area (Å²) in [5.41, 5.74) is 0. The summed E-state index contributed by atoms with van der Waals surface area (Å²) in [6.07, 6.45) is 3.80. The highest BCUT2D eigenvalue weighted by atomic mass is 32.2. The van der Waals surface area contributed by atoms with Crippen LogP contribution in [0.25, 0.3) is 0 Å². The van der Waals surface area contributed by atoms with E-state index >= 15 is 0 Å². The molecule has 0 aliphatic carbocycles.